The summed E-state index contributed by atoms with van der Waals surface area (Å²) in [4.78, 5) is 15.4. The number of benzene rings is 2. The van der Waals surface area contributed by atoms with Gasteiger partial charge >= 0.3 is 0 Å². The number of pyridine rings is 1. The molecule has 3 rings (SSSR count). The Balaban J connectivity index is 2.13. The van der Waals surface area contributed by atoms with Gasteiger partial charge < -0.3 is 10.8 Å². The van der Waals surface area contributed by atoms with Gasteiger partial charge in [-0.25, -0.2) is 0 Å². The molecule has 0 spiro atoms. The minimum atomic E-state index is -0.491. The smallest absolute Gasteiger partial charge is 0.250 e. The summed E-state index contributed by atoms with van der Waals surface area (Å²) < 4.78 is 0. The van der Waals surface area contributed by atoms with E-state index in [0.717, 1.165) is 22.0 Å². The predicted octanol–water partition coefficient (Wildman–Crippen LogP) is 2.71. The minimum absolute atomic E-state index is 0.229. The SMILES string of the molecule is NC(=O)c1cnc2ccc(-c3ccc(O)cc3)cc2c1. The lowest BCUT2D eigenvalue weighted by molar-refractivity contribution is 0.1000. The number of carbonyl (C=O) groups is 1. The molecule has 0 aliphatic rings. The van der Waals surface area contributed by atoms with Crippen LogP contribution in [0.15, 0.2) is 54.7 Å². The highest BCUT2D eigenvalue weighted by Gasteiger charge is 2.05. The van der Waals surface area contributed by atoms with Crippen molar-refractivity contribution < 1.29 is 9.90 Å². The summed E-state index contributed by atoms with van der Waals surface area (Å²) in [7, 11) is 0. The van der Waals surface area contributed by atoms with E-state index >= 15 is 0 Å². The number of fused-ring (bicyclic) bond motifs is 1. The van der Waals surface area contributed by atoms with E-state index in [2.05, 4.69) is 4.98 Å². The van der Waals surface area contributed by atoms with Crippen molar-refractivity contribution in [2.75, 3.05) is 0 Å². The zero-order valence-corrected chi connectivity index (χ0v) is 10.6. The second kappa shape index (κ2) is 4.66. The molecule has 0 aliphatic carbocycles. The molecule has 0 saturated carbocycles. The van der Waals surface area contributed by atoms with E-state index in [4.69, 9.17) is 5.73 Å². The molecule has 2 aromatic carbocycles. The van der Waals surface area contributed by atoms with Crippen molar-refractivity contribution >= 4 is 16.8 Å². The van der Waals surface area contributed by atoms with Gasteiger partial charge in [0.2, 0.25) is 5.91 Å². The molecule has 98 valence electrons. The topological polar surface area (TPSA) is 76.2 Å². The number of aromatic hydroxyl groups is 1. The first-order valence-electron chi connectivity index (χ1n) is 6.12. The first-order chi connectivity index (χ1) is 9.63. The summed E-state index contributed by atoms with van der Waals surface area (Å²) in [5.41, 5.74) is 8.42. The highest BCUT2D eigenvalue weighted by Crippen LogP contribution is 2.25. The van der Waals surface area contributed by atoms with Gasteiger partial charge in [0.05, 0.1) is 11.1 Å². The number of nitrogens with two attached hydrogens (primary N) is 1. The summed E-state index contributed by atoms with van der Waals surface area (Å²) in [5.74, 6) is -0.262. The van der Waals surface area contributed by atoms with E-state index in [1.807, 2.05) is 30.3 Å². The largest absolute Gasteiger partial charge is 0.508 e. The molecule has 0 unspecified atom stereocenters. The molecule has 3 N–H and O–H groups in total. The molecule has 1 heterocycles. The van der Waals surface area contributed by atoms with Crippen LogP contribution in [-0.4, -0.2) is 16.0 Å². The van der Waals surface area contributed by atoms with Crippen molar-refractivity contribution in [1.29, 1.82) is 0 Å². The van der Waals surface area contributed by atoms with Crippen molar-refractivity contribution in [2.45, 2.75) is 0 Å². The average Bonchev–Trinajstić information content (AvgIpc) is 2.47. The molecule has 1 aromatic heterocycles. The molecule has 0 atom stereocenters. The molecule has 0 bridgehead atoms. The lowest BCUT2D eigenvalue weighted by Crippen LogP contribution is -2.10. The van der Waals surface area contributed by atoms with E-state index in [0.29, 0.717) is 5.56 Å². The van der Waals surface area contributed by atoms with Gasteiger partial charge in [0.1, 0.15) is 5.75 Å². The van der Waals surface area contributed by atoms with Crippen LogP contribution in [0, 0.1) is 0 Å². The van der Waals surface area contributed by atoms with Crippen molar-refractivity contribution in [3.05, 3.63) is 60.3 Å². The summed E-state index contributed by atoms with van der Waals surface area (Å²) >= 11 is 0. The maximum absolute atomic E-state index is 11.2. The molecule has 3 aromatic rings. The van der Waals surface area contributed by atoms with Crippen molar-refractivity contribution in [1.82, 2.24) is 4.98 Å². The summed E-state index contributed by atoms with van der Waals surface area (Å²) in [6.07, 6.45) is 1.48. The highest BCUT2D eigenvalue weighted by molar-refractivity contribution is 5.96. The highest BCUT2D eigenvalue weighted by atomic mass is 16.3. The van der Waals surface area contributed by atoms with Crippen LogP contribution in [0.5, 0.6) is 5.75 Å². The van der Waals surface area contributed by atoms with Gasteiger partial charge in [0, 0.05) is 11.6 Å². The van der Waals surface area contributed by atoms with Crippen molar-refractivity contribution in [2.24, 2.45) is 5.73 Å². The first kappa shape index (κ1) is 12.2. The number of hydrogen-bond donors (Lipinski definition) is 2. The van der Waals surface area contributed by atoms with Crippen LogP contribution in [0.2, 0.25) is 0 Å². The third-order valence-electron chi connectivity index (χ3n) is 3.17. The fourth-order valence-electron chi connectivity index (χ4n) is 2.10. The number of hydrogen-bond acceptors (Lipinski definition) is 3. The van der Waals surface area contributed by atoms with Gasteiger partial charge in [0.25, 0.3) is 0 Å². The van der Waals surface area contributed by atoms with Gasteiger partial charge in [0.15, 0.2) is 0 Å². The quantitative estimate of drug-likeness (QED) is 0.747. The zero-order chi connectivity index (χ0) is 14.1. The Morgan fingerprint density at radius 1 is 1.00 bits per heavy atom. The van der Waals surface area contributed by atoms with Crippen LogP contribution < -0.4 is 5.73 Å². The number of nitrogens with zero attached hydrogens (tertiary/aromatic N) is 1. The van der Waals surface area contributed by atoms with Gasteiger partial charge in [-0.05, 0) is 41.5 Å². The molecule has 4 nitrogen and oxygen atoms in total. The van der Waals surface area contributed by atoms with Crippen molar-refractivity contribution in [3.8, 4) is 16.9 Å². The zero-order valence-electron chi connectivity index (χ0n) is 10.6. The fourth-order valence-corrected chi connectivity index (χ4v) is 2.10. The summed E-state index contributed by atoms with van der Waals surface area (Å²) in [6.45, 7) is 0. The number of phenols is 1. The second-order valence-corrected chi connectivity index (χ2v) is 4.54. The fraction of sp³-hybridized carbons (Fsp3) is 0. The summed E-state index contributed by atoms with van der Waals surface area (Å²) in [5, 5.41) is 10.2. The minimum Gasteiger partial charge on any atom is -0.508 e. The predicted molar refractivity (Wildman–Crippen MR) is 77.4 cm³/mol. The molecule has 20 heavy (non-hydrogen) atoms. The van der Waals surface area contributed by atoms with Crippen LogP contribution in [0.25, 0.3) is 22.0 Å². The van der Waals surface area contributed by atoms with E-state index < -0.39 is 5.91 Å². The Labute approximate surface area is 115 Å². The molecule has 4 heteroatoms. The van der Waals surface area contributed by atoms with Crippen LogP contribution in [0.4, 0.5) is 0 Å². The van der Waals surface area contributed by atoms with Gasteiger partial charge in [-0.3, -0.25) is 9.78 Å². The number of phenolic OH excluding ortho intramolecular Hbond substituents is 1. The number of rotatable bonds is 2. The Morgan fingerprint density at radius 2 is 1.70 bits per heavy atom. The Bertz CT molecular complexity index is 795. The maximum Gasteiger partial charge on any atom is 0.250 e. The molecule has 0 fully saturated rings. The van der Waals surface area contributed by atoms with Crippen LogP contribution in [0.1, 0.15) is 10.4 Å². The monoisotopic (exact) mass is 264 g/mol. The standard InChI is InChI=1S/C16H12N2O2/c17-16(20)13-8-12-7-11(3-6-15(12)18-9-13)10-1-4-14(19)5-2-10/h1-9,19H,(H2,17,20). The molecule has 0 saturated heterocycles. The Morgan fingerprint density at radius 3 is 2.40 bits per heavy atom. The van der Waals surface area contributed by atoms with Crippen LogP contribution in [-0.2, 0) is 0 Å². The Hall–Kier alpha value is -2.88. The number of carbonyl (C=O) groups excluding carboxylic acids is 1. The average molecular weight is 264 g/mol. The van der Waals surface area contributed by atoms with Crippen LogP contribution in [0.3, 0.4) is 0 Å². The van der Waals surface area contributed by atoms with Gasteiger partial charge in [-0.2, -0.15) is 0 Å². The van der Waals surface area contributed by atoms with E-state index in [1.165, 1.54) is 6.20 Å². The summed E-state index contributed by atoms with van der Waals surface area (Å²) in [6, 6.07) is 14.5. The number of primary amides is 1. The third-order valence-corrected chi connectivity index (χ3v) is 3.17. The molecular formula is C16H12N2O2. The maximum atomic E-state index is 11.2. The van der Waals surface area contributed by atoms with E-state index in [1.54, 1.807) is 18.2 Å². The molecule has 0 aliphatic heterocycles. The van der Waals surface area contributed by atoms with E-state index in [-0.39, 0.29) is 5.75 Å². The van der Waals surface area contributed by atoms with E-state index in [9.17, 15) is 9.90 Å². The lowest BCUT2D eigenvalue weighted by atomic mass is 10.0. The Kier molecular flexibility index (Phi) is 2.84. The third kappa shape index (κ3) is 2.19. The molecular weight excluding hydrogens is 252 g/mol. The normalized spacial score (nSPS) is 10.6. The van der Waals surface area contributed by atoms with Crippen molar-refractivity contribution in [3.63, 3.8) is 0 Å². The second-order valence-electron chi connectivity index (χ2n) is 4.54. The van der Waals surface area contributed by atoms with Crippen LogP contribution >= 0.6 is 0 Å². The molecule has 0 radical (unpaired) electrons. The van der Waals surface area contributed by atoms with Gasteiger partial charge in [-0.1, -0.05) is 18.2 Å². The number of amides is 1. The number of aromatic nitrogens is 1. The lowest BCUT2D eigenvalue weighted by Gasteiger charge is -2.05. The first-order valence-corrected chi connectivity index (χ1v) is 6.12. The van der Waals surface area contributed by atoms with Gasteiger partial charge in [-0.15, -0.1) is 0 Å². The molecule has 1 amide bonds.